The van der Waals surface area contributed by atoms with Gasteiger partial charge < -0.3 is 4.90 Å². The zero-order chi connectivity index (χ0) is 37.8. The van der Waals surface area contributed by atoms with Crippen LogP contribution in [-0.2, 0) is 16.2 Å². The molecule has 0 N–H and O–H groups in total. The van der Waals surface area contributed by atoms with Crippen LogP contribution in [0.4, 0.5) is 17.1 Å². The summed E-state index contributed by atoms with van der Waals surface area (Å²) in [7, 11) is 0. The Morgan fingerprint density at radius 2 is 0.625 bits per heavy atom. The third kappa shape index (κ3) is 4.37. The summed E-state index contributed by atoms with van der Waals surface area (Å²) >= 11 is 0. The molecule has 0 heterocycles. The Balaban J connectivity index is 1.11. The summed E-state index contributed by atoms with van der Waals surface area (Å²) in [5, 5.41) is 0. The highest BCUT2D eigenvalue weighted by molar-refractivity contribution is 5.90. The van der Waals surface area contributed by atoms with Crippen LogP contribution in [0.2, 0.25) is 0 Å². The number of benzene rings is 8. The Bertz CT molecular complexity index is 2700. The van der Waals surface area contributed by atoms with Gasteiger partial charge in [-0.05, 0) is 114 Å². The molecule has 268 valence electrons. The first-order chi connectivity index (χ1) is 27.3. The van der Waals surface area contributed by atoms with Crippen LogP contribution in [0.25, 0.3) is 33.4 Å². The summed E-state index contributed by atoms with van der Waals surface area (Å²) in [5.41, 5.74) is 21.5. The van der Waals surface area contributed by atoms with Crippen LogP contribution >= 0.6 is 0 Å². The molecular formula is C55H43N. The van der Waals surface area contributed by atoms with Crippen LogP contribution in [0.1, 0.15) is 72.2 Å². The molecule has 0 saturated heterocycles. The molecule has 1 heteroatoms. The van der Waals surface area contributed by atoms with Crippen molar-refractivity contribution >= 4 is 17.1 Å². The highest BCUT2D eigenvalue weighted by Crippen LogP contribution is 2.57. The van der Waals surface area contributed by atoms with Crippen LogP contribution in [0, 0.1) is 0 Å². The SMILES string of the molecule is CC1(C)c2ccccc2-c2ccc(N(c3ccc(C4(c5ccccc5)c5ccccc5-c5ccccc54)cc3)c3ccc4c(c3)C(C)(C)c3ccccc3-4)cc21. The number of nitrogens with zero attached hydrogens (tertiary/aromatic N) is 1. The molecule has 3 aliphatic rings. The number of hydrogen-bond acceptors (Lipinski definition) is 1. The third-order valence-electron chi connectivity index (χ3n) is 13.4. The van der Waals surface area contributed by atoms with Crippen molar-refractivity contribution in [2.45, 2.75) is 43.9 Å². The standard InChI is InChI=1S/C55H43N/c1-53(2)47-22-12-8-18-41(47)45-32-30-39(34-51(45)53)56(40-31-33-46-42-19-9-13-23-48(42)54(3,4)52(46)35-40)38-28-26-37(27-29-38)55(36-16-6-5-7-17-36)49-24-14-10-20-43(49)44-21-11-15-25-50(44)55/h5-35H,1-4H3. The van der Waals surface area contributed by atoms with E-state index in [2.05, 4.69) is 221 Å². The van der Waals surface area contributed by atoms with E-state index in [1.54, 1.807) is 0 Å². The smallest absolute Gasteiger partial charge is 0.0713 e. The predicted octanol–water partition coefficient (Wildman–Crippen LogP) is 14.1. The van der Waals surface area contributed by atoms with Crippen LogP contribution in [0.3, 0.4) is 0 Å². The van der Waals surface area contributed by atoms with E-state index in [1.807, 2.05) is 0 Å². The van der Waals surface area contributed by atoms with Crippen LogP contribution < -0.4 is 4.90 Å². The molecular weight excluding hydrogens is 675 g/mol. The predicted molar refractivity (Wildman–Crippen MR) is 234 cm³/mol. The summed E-state index contributed by atoms with van der Waals surface area (Å²) in [6, 6.07) is 70.6. The summed E-state index contributed by atoms with van der Waals surface area (Å²) < 4.78 is 0. The van der Waals surface area contributed by atoms with Gasteiger partial charge in [0.15, 0.2) is 0 Å². The van der Waals surface area contributed by atoms with Gasteiger partial charge in [0.1, 0.15) is 0 Å². The maximum absolute atomic E-state index is 2.48. The monoisotopic (exact) mass is 717 g/mol. The van der Waals surface area contributed by atoms with E-state index in [0.29, 0.717) is 0 Å². The molecule has 8 aromatic rings. The van der Waals surface area contributed by atoms with Crippen LogP contribution in [0.15, 0.2) is 188 Å². The van der Waals surface area contributed by atoms with Crippen molar-refractivity contribution in [2.75, 3.05) is 4.90 Å². The molecule has 0 aromatic heterocycles. The topological polar surface area (TPSA) is 3.24 Å². The van der Waals surface area contributed by atoms with Gasteiger partial charge in [0, 0.05) is 27.9 Å². The van der Waals surface area contributed by atoms with Crippen LogP contribution in [-0.4, -0.2) is 0 Å². The van der Waals surface area contributed by atoms with E-state index in [9.17, 15) is 0 Å². The fourth-order valence-electron chi connectivity index (χ4n) is 10.7. The molecule has 11 rings (SSSR count). The maximum atomic E-state index is 2.48. The van der Waals surface area contributed by atoms with Gasteiger partial charge in [-0.25, -0.2) is 0 Å². The molecule has 0 unspecified atom stereocenters. The Labute approximate surface area is 330 Å². The normalized spacial score (nSPS) is 15.6. The van der Waals surface area contributed by atoms with E-state index in [4.69, 9.17) is 0 Å². The van der Waals surface area contributed by atoms with Crippen molar-refractivity contribution in [3.8, 4) is 33.4 Å². The minimum absolute atomic E-state index is 0.107. The second kappa shape index (κ2) is 11.8. The van der Waals surface area contributed by atoms with Crippen LogP contribution in [0.5, 0.6) is 0 Å². The summed E-state index contributed by atoms with van der Waals surface area (Å²) in [6.07, 6.45) is 0. The third-order valence-corrected chi connectivity index (χ3v) is 13.4. The number of fused-ring (bicyclic) bond motifs is 9. The molecule has 0 amide bonds. The molecule has 0 atom stereocenters. The average Bonchev–Trinajstić information content (AvgIpc) is 3.76. The van der Waals surface area contributed by atoms with E-state index in [0.717, 1.165) is 5.69 Å². The quantitative estimate of drug-likeness (QED) is 0.171. The summed E-state index contributed by atoms with van der Waals surface area (Å²) in [4.78, 5) is 2.48. The van der Waals surface area contributed by atoms with E-state index >= 15 is 0 Å². The Morgan fingerprint density at radius 1 is 0.286 bits per heavy atom. The zero-order valence-electron chi connectivity index (χ0n) is 32.3. The Hall–Kier alpha value is -6.44. The van der Waals surface area contributed by atoms with E-state index < -0.39 is 5.41 Å². The van der Waals surface area contributed by atoms with Crippen molar-refractivity contribution in [2.24, 2.45) is 0 Å². The van der Waals surface area contributed by atoms with Crippen molar-refractivity contribution in [1.29, 1.82) is 0 Å². The number of hydrogen-bond donors (Lipinski definition) is 0. The minimum Gasteiger partial charge on any atom is -0.310 e. The largest absolute Gasteiger partial charge is 0.310 e. The fraction of sp³-hybridized carbons (Fsp3) is 0.127. The molecule has 8 aromatic carbocycles. The lowest BCUT2D eigenvalue weighted by Crippen LogP contribution is -2.28. The van der Waals surface area contributed by atoms with Crippen molar-refractivity contribution < 1.29 is 0 Å². The van der Waals surface area contributed by atoms with Crippen molar-refractivity contribution in [3.63, 3.8) is 0 Å². The summed E-state index contributed by atoms with van der Waals surface area (Å²) in [6.45, 7) is 9.48. The number of rotatable bonds is 5. The van der Waals surface area contributed by atoms with Crippen molar-refractivity contribution in [1.82, 2.24) is 0 Å². The molecule has 0 spiro atoms. The lowest BCUT2D eigenvalue weighted by atomic mass is 9.68. The van der Waals surface area contributed by atoms with Gasteiger partial charge >= 0.3 is 0 Å². The Morgan fingerprint density at radius 3 is 1.09 bits per heavy atom. The van der Waals surface area contributed by atoms with Gasteiger partial charge in [-0.2, -0.15) is 0 Å². The lowest BCUT2D eigenvalue weighted by Gasteiger charge is -2.34. The van der Waals surface area contributed by atoms with Gasteiger partial charge in [0.2, 0.25) is 0 Å². The maximum Gasteiger partial charge on any atom is 0.0713 e. The molecule has 0 bridgehead atoms. The number of anilines is 3. The molecule has 0 saturated carbocycles. The van der Waals surface area contributed by atoms with Crippen molar-refractivity contribution in [3.05, 3.63) is 233 Å². The van der Waals surface area contributed by atoms with Gasteiger partial charge in [0.25, 0.3) is 0 Å². The van der Waals surface area contributed by atoms with Gasteiger partial charge in [-0.15, -0.1) is 0 Å². The van der Waals surface area contributed by atoms with E-state index in [-0.39, 0.29) is 10.8 Å². The average molecular weight is 718 g/mol. The highest BCUT2D eigenvalue weighted by Gasteiger charge is 2.46. The second-order valence-corrected chi connectivity index (χ2v) is 16.9. The Kier molecular flexibility index (Phi) is 6.93. The first-order valence-electron chi connectivity index (χ1n) is 19.9. The van der Waals surface area contributed by atoms with Gasteiger partial charge in [-0.1, -0.05) is 179 Å². The zero-order valence-corrected chi connectivity index (χ0v) is 32.3. The van der Waals surface area contributed by atoms with E-state index in [1.165, 1.54) is 89.3 Å². The van der Waals surface area contributed by atoms with Gasteiger partial charge in [-0.3, -0.25) is 0 Å². The molecule has 3 aliphatic carbocycles. The first-order valence-corrected chi connectivity index (χ1v) is 19.9. The summed E-state index contributed by atoms with van der Waals surface area (Å²) in [5.74, 6) is 0. The highest BCUT2D eigenvalue weighted by atomic mass is 15.1. The fourth-order valence-corrected chi connectivity index (χ4v) is 10.7. The van der Waals surface area contributed by atoms with Gasteiger partial charge in [0.05, 0.1) is 5.41 Å². The lowest BCUT2D eigenvalue weighted by molar-refractivity contribution is 0.660. The molecule has 56 heavy (non-hydrogen) atoms. The molecule has 0 fully saturated rings. The molecule has 1 nitrogen and oxygen atoms in total. The first kappa shape index (κ1) is 32.9. The molecule has 0 radical (unpaired) electrons. The molecule has 0 aliphatic heterocycles. The minimum atomic E-state index is -0.440. The second-order valence-electron chi connectivity index (χ2n) is 16.9.